The van der Waals surface area contributed by atoms with E-state index in [-0.39, 0.29) is 11.9 Å². The molecule has 1 N–H and O–H groups in total. The van der Waals surface area contributed by atoms with Gasteiger partial charge in [0.15, 0.2) is 0 Å². The fourth-order valence-electron chi connectivity index (χ4n) is 2.98. The van der Waals surface area contributed by atoms with Crippen molar-refractivity contribution in [3.63, 3.8) is 0 Å². The molecule has 2 heterocycles. The second kappa shape index (κ2) is 5.77. The third-order valence-electron chi connectivity index (χ3n) is 4.64. The maximum absolute atomic E-state index is 12.7. The van der Waals surface area contributed by atoms with Crippen LogP contribution >= 0.6 is 0 Å². The van der Waals surface area contributed by atoms with E-state index < -0.39 is 0 Å². The number of carbonyl (C=O) groups excluding carboxylic acids is 1. The summed E-state index contributed by atoms with van der Waals surface area (Å²) in [6.45, 7) is 1.83. The molecule has 1 unspecified atom stereocenters. The van der Waals surface area contributed by atoms with Gasteiger partial charge < -0.3 is 14.7 Å². The van der Waals surface area contributed by atoms with E-state index >= 15 is 0 Å². The Kier molecular flexibility index (Phi) is 3.61. The quantitative estimate of drug-likeness (QED) is 0.935. The summed E-state index contributed by atoms with van der Waals surface area (Å²) in [6, 6.07) is 7.74. The van der Waals surface area contributed by atoms with Gasteiger partial charge in [0.05, 0.1) is 0 Å². The summed E-state index contributed by atoms with van der Waals surface area (Å²) < 4.78 is 5.31. The number of hydrogen-bond acceptors (Lipinski definition) is 5. The van der Waals surface area contributed by atoms with Crippen LogP contribution in [0.15, 0.2) is 28.8 Å². The summed E-state index contributed by atoms with van der Waals surface area (Å²) in [4.78, 5) is 18.9. The third kappa shape index (κ3) is 2.86. The van der Waals surface area contributed by atoms with Gasteiger partial charge in [-0.2, -0.15) is 4.98 Å². The molecule has 1 saturated heterocycles. The van der Waals surface area contributed by atoms with Gasteiger partial charge in [0.25, 0.3) is 5.91 Å². The van der Waals surface area contributed by atoms with E-state index in [2.05, 4.69) is 15.5 Å². The van der Waals surface area contributed by atoms with Crippen molar-refractivity contribution in [3.05, 3.63) is 35.7 Å². The lowest BCUT2D eigenvalue weighted by Gasteiger charge is -2.23. The minimum absolute atomic E-state index is 0.0338. The summed E-state index contributed by atoms with van der Waals surface area (Å²) in [7, 11) is 1.87. The number of hydrogen-bond donors (Lipinski definition) is 1. The Morgan fingerprint density at radius 3 is 2.96 bits per heavy atom. The molecule has 1 aliphatic carbocycles. The lowest BCUT2D eigenvalue weighted by Crippen LogP contribution is -2.38. The predicted octanol–water partition coefficient (Wildman–Crippen LogP) is 2.05. The highest BCUT2D eigenvalue weighted by Gasteiger charge is 2.30. The Morgan fingerprint density at radius 2 is 2.22 bits per heavy atom. The topological polar surface area (TPSA) is 71.3 Å². The van der Waals surface area contributed by atoms with Crippen molar-refractivity contribution in [2.24, 2.45) is 0 Å². The third-order valence-corrected chi connectivity index (χ3v) is 4.64. The van der Waals surface area contributed by atoms with Crippen molar-refractivity contribution in [2.45, 2.75) is 31.2 Å². The van der Waals surface area contributed by atoms with Crippen LogP contribution in [0.4, 0.5) is 0 Å². The van der Waals surface area contributed by atoms with Crippen LogP contribution in [0.2, 0.25) is 0 Å². The van der Waals surface area contributed by atoms with Gasteiger partial charge in [0.1, 0.15) is 0 Å². The molecule has 0 bridgehead atoms. The molecule has 1 aromatic heterocycles. The molecule has 6 heteroatoms. The van der Waals surface area contributed by atoms with Gasteiger partial charge in [0, 0.05) is 36.7 Å². The SMILES string of the molecule is CN(C(=O)c1cccc(-c2noc(C3CC3)n2)c1)C1CCNC1. The molecule has 2 fully saturated rings. The van der Waals surface area contributed by atoms with Gasteiger partial charge >= 0.3 is 0 Å². The number of rotatable bonds is 4. The molecule has 6 nitrogen and oxygen atoms in total. The van der Waals surface area contributed by atoms with Crippen LogP contribution in [0.5, 0.6) is 0 Å². The molecule has 2 aliphatic rings. The Labute approximate surface area is 134 Å². The summed E-state index contributed by atoms with van der Waals surface area (Å²) in [5, 5.41) is 7.34. The van der Waals surface area contributed by atoms with Crippen molar-refractivity contribution in [3.8, 4) is 11.4 Å². The second-order valence-corrected chi connectivity index (χ2v) is 6.37. The Morgan fingerprint density at radius 1 is 1.35 bits per heavy atom. The molecule has 2 aromatic rings. The van der Waals surface area contributed by atoms with Gasteiger partial charge in [-0.1, -0.05) is 17.3 Å². The van der Waals surface area contributed by atoms with E-state index in [1.807, 2.05) is 36.2 Å². The molecule has 1 saturated carbocycles. The van der Waals surface area contributed by atoms with Crippen LogP contribution in [0, 0.1) is 0 Å². The molecule has 0 radical (unpaired) electrons. The average molecular weight is 312 g/mol. The van der Waals surface area contributed by atoms with Gasteiger partial charge in [-0.3, -0.25) is 4.79 Å². The Bertz CT molecular complexity index is 717. The molecule has 1 amide bonds. The molecular formula is C17H20N4O2. The molecular weight excluding hydrogens is 292 g/mol. The number of aromatic nitrogens is 2. The monoisotopic (exact) mass is 312 g/mol. The van der Waals surface area contributed by atoms with Crippen LogP contribution in [0.3, 0.4) is 0 Å². The number of benzene rings is 1. The molecule has 23 heavy (non-hydrogen) atoms. The first-order chi connectivity index (χ1) is 11.2. The van der Waals surface area contributed by atoms with E-state index in [0.717, 1.165) is 37.9 Å². The van der Waals surface area contributed by atoms with E-state index in [1.165, 1.54) is 0 Å². The summed E-state index contributed by atoms with van der Waals surface area (Å²) in [5.41, 5.74) is 1.49. The largest absolute Gasteiger partial charge is 0.339 e. The summed E-state index contributed by atoms with van der Waals surface area (Å²) in [5.74, 6) is 1.74. The first kappa shape index (κ1) is 14.4. The molecule has 4 rings (SSSR count). The van der Waals surface area contributed by atoms with Crippen molar-refractivity contribution in [1.29, 1.82) is 0 Å². The van der Waals surface area contributed by atoms with Gasteiger partial charge in [-0.25, -0.2) is 0 Å². The van der Waals surface area contributed by atoms with Crippen molar-refractivity contribution < 1.29 is 9.32 Å². The fraction of sp³-hybridized carbons (Fsp3) is 0.471. The second-order valence-electron chi connectivity index (χ2n) is 6.37. The maximum Gasteiger partial charge on any atom is 0.253 e. The number of nitrogens with zero attached hydrogens (tertiary/aromatic N) is 3. The summed E-state index contributed by atoms with van der Waals surface area (Å²) in [6.07, 6.45) is 3.25. The standard InChI is InChI=1S/C17H20N4O2/c1-21(14-7-8-18-10-14)17(22)13-4-2-3-12(9-13)15-19-16(23-20-15)11-5-6-11/h2-4,9,11,14,18H,5-8,10H2,1H3. The average Bonchev–Trinajstić information content (AvgIpc) is 3.10. The zero-order valence-electron chi connectivity index (χ0n) is 13.2. The minimum Gasteiger partial charge on any atom is -0.339 e. The van der Waals surface area contributed by atoms with Crippen molar-refractivity contribution in [2.75, 3.05) is 20.1 Å². The van der Waals surface area contributed by atoms with Crippen molar-refractivity contribution in [1.82, 2.24) is 20.4 Å². The number of nitrogens with one attached hydrogen (secondary N) is 1. The van der Waals surface area contributed by atoms with Gasteiger partial charge in [-0.05, 0) is 37.9 Å². The molecule has 1 atom stereocenters. The number of likely N-dealkylation sites (N-methyl/N-ethyl adjacent to an activating group) is 1. The van der Waals surface area contributed by atoms with Crippen LogP contribution in [-0.2, 0) is 0 Å². The normalized spacial score (nSPS) is 20.7. The van der Waals surface area contributed by atoms with Crippen LogP contribution < -0.4 is 5.32 Å². The molecule has 120 valence electrons. The highest BCUT2D eigenvalue weighted by molar-refractivity contribution is 5.95. The Hall–Kier alpha value is -2.21. The van der Waals surface area contributed by atoms with E-state index in [9.17, 15) is 4.79 Å². The van der Waals surface area contributed by atoms with E-state index in [1.54, 1.807) is 0 Å². The lowest BCUT2D eigenvalue weighted by atomic mass is 10.1. The number of carbonyl (C=O) groups is 1. The van der Waals surface area contributed by atoms with Crippen LogP contribution in [-0.4, -0.2) is 47.1 Å². The molecule has 1 aromatic carbocycles. The number of amides is 1. The minimum atomic E-state index is 0.0338. The van der Waals surface area contributed by atoms with Crippen LogP contribution in [0.1, 0.15) is 41.4 Å². The maximum atomic E-state index is 12.7. The lowest BCUT2D eigenvalue weighted by molar-refractivity contribution is 0.0744. The Balaban J connectivity index is 1.56. The van der Waals surface area contributed by atoms with Gasteiger partial charge in [-0.15, -0.1) is 0 Å². The fourth-order valence-corrected chi connectivity index (χ4v) is 2.98. The van der Waals surface area contributed by atoms with Crippen LogP contribution in [0.25, 0.3) is 11.4 Å². The zero-order chi connectivity index (χ0) is 15.8. The van der Waals surface area contributed by atoms with E-state index in [0.29, 0.717) is 23.2 Å². The van der Waals surface area contributed by atoms with Gasteiger partial charge in [0.2, 0.25) is 11.7 Å². The zero-order valence-corrected chi connectivity index (χ0v) is 13.2. The molecule has 1 aliphatic heterocycles. The molecule has 0 spiro atoms. The first-order valence-corrected chi connectivity index (χ1v) is 8.14. The first-order valence-electron chi connectivity index (χ1n) is 8.14. The highest BCUT2D eigenvalue weighted by Crippen LogP contribution is 2.39. The smallest absolute Gasteiger partial charge is 0.253 e. The highest BCUT2D eigenvalue weighted by atomic mass is 16.5. The van der Waals surface area contributed by atoms with E-state index in [4.69, 9.17) is 4.52 Å². The summed E-state index contributed by atoms with van der Waals surface area (Å²) >= 11 is 0. The van der Waals surface area contributed by atoms with Crippen molar-refractivity contribution >= 4 is 5.91 Å². The predicted molar refractivity (Wildman–Crippen MR) is 85.1 cm³/mol.